The Morgan fingerprint density at radius 3 is 2.59 bits per heavy atom. The molecule has 0 radical (unpaired) electrons. The fraction of sp³-hybridized carbons (Fsp3) is 0.0769. The quantitative estimate of drug-likeness (QED) is 0.678. The van der Waals surface area contributed by atoms with Crippen LogP contribution in [-0.2, 0) is 4.79 Å². The lowest BCUT2D eigenvalue weighted by atomic mass is 9.92. The van der Waals surface area contributed by atoms with E-state index in [4.69, 9.17) is 0 Å². The van der Waals surface area contributed by atoms with Crippen molar-refractivity contribution in [3.63, 3.8) is 0 Å². The molecular weight excluding hydrogens is 218 g/mol. The molecule has 17 heavy (non-hydrogen) atoms. The smallest absolute Gasteiger partial charge is 0.236 e. The molecule has 0 saturated heterocycles. The van der Waals surface area contributed by atoms with Gasteiger partial charge in [-0.1, -0.05) is 18.2 Å². The zero-order chi connectivity index (χ0) is 12.2. The summed E-state index contributed by atoms with van der Waals surface area (Å²) in [6.07, 6.45) is 0. The van der Waals surface area contributed by atoms with Gasteiger partial charge in [-0.2, -0.15) is 0 Å². The van der Waals surface area contributed by atoms with E-state index in [1.807, 2.05) is 6.07 Å². The van der Waals surface area contributed by atoms with Gasteiger partial charge >= 0.3 is 0 Å². The fourth-order valence-corrected chi connectivity index (χ4v) is 2.13. The number of para-hydroxylation sites is 1. The van der Waals surface area contributed by atoms with E-state index in [0.717, 1.165) is 5.52 Å². The second kappa shape index (κ2) is 3.07. The largest absolute Gasteiger partial charge is 0.505 e. The van der Waals surface area contributed by atoms with Gasteiger partial charge in [0.15, 0.2) is 0 Å². The van der Waals surface area contributed by atoms with Crippen LogP contribution in [0.3, 0.4) is 0 Å². The Balaban J connectivity index is 2.48. The van der Waals surface area contributed by atoms with Gasteiger partial charge in [-0.15, -0.1) is 0 Å². The Labute approximate surface area is 96.6 Å². The SMILES string of the molecule is CC1=C(O)c2[nH]c3ccccc3c2C(=O)C1=O. The normalized spacial score (nSPS) is 15.6. The number of hydrogen-bond donors (Lipinski definition) is 2. The molecule has 1 aromatic heterocycles. The summed E-state index contributed by atoms with van der Waals surface area (Å²) in [4.78, 5) is 26.6. The number of aliphatic hydroxyl groups is 1. The van der Waals surface area contributed by atoms with Gasteiger partial charge < -0.3 is 10.1 Å². The lowest BCUT2D eigenvalue weighted by Crippen LogP contribution is -2.22. The number of Topliss-reactive ketones (excluding diaryl/α,β-unsaturated/α-hetero) is 2. The first-order chi connectivity index (χ1) is 8.11. The minimum Gasteiger partial charge on any atom is -0.505 e. The molecule has 1 aliphatic rings. The van der Waals surface area contributed by atoms with E-state index in [1.165, 1.54) is 6.92 Å². The van der Waals surface area contributed by atoms with E-state index in [0.29, 0.717) is 11.1 Å². The van der Waals surface area contributed by atoms with Gasteiger partial charge in [-0.25, -0.2) is 0 Å². The molecule has 1 heterocycles. The number of H-pyrrole nitrogens is 1. The van der Waals surface area contributed by atoms with E-state index < -0.39 is 11.6 Å². The van der Waals surface area contributed by atoms with Gasteiger partial charge in [0.2, 0.25) is 11.6 Å². The van der Waals surface area contributed by atoms with Crippen molar-refractivity contribution >= 4 is 28.2 Å². The van der Waals surface area contributed by atoms with Crippen LogP contribution in [-0.4, -0.2) is 21.7 Å². The maximum absolute atomic E-state index is 11.9. The first-order valence-electron chi connectivity index (χ1n) is 5.21. The molecule has 4 nitrogen and oxygen atoms in total. The molecular formula is C13H9NO3. The molecule has 3 rings (SSSR count). The summed E-state index contributed by atoms with van der Waals surface area (Å²) < 4.78 is 0. The number of aliphatic hydroxyl groups excluding tert-OH is 1. The summed E-state index contributed by atoms with van der Waals surface area (Å²) in [6, 6.07) is 7.17. The van der Waals surface area contributed by atoms with E-state index in [-0.39, 0.29) is 16.9 Å². The summed E-state index contributed by atoms with van der Waals surface area (Å²) in [5.41, 5.74) is 1.44. The second-order valence-corrected chi connectivity index (χ2v) is 4.05. The van der Waals surface area contributed by atoms with E-state index >= 15 is 0 Å². The number of rotatable bonds is 0. The monoisotopic (exact) mass is 227 g/mol. The van der Waals surface area contributed by atoms with E-state index in [9.17, 15) is 14.7 Å². The third-order valence-corrected chi connectivity index (χ3v) is 3.07. The standard InChI is InChI=1S/C13H9NO3/c1-6-11(15)10-9(13(17)12(6)16)7-4-2-3-5-8(7)14-10/h2-5,14-15H,1H3. The summed E-state index contributed by atoms with van der Waals surface area (Å²) in [6.45, 7) is 1.45. The third-order valence-electron chi connectivity index (χ3n) is 3.07. The average Bonchev–Trinajstić information content (AvgIpc) is 2.73. The van der Waals surface area contributed by atoms with Gasteiger partial charge in [0.05, 0.1) is 11.3 Å². The number of aromatic nitrogens is 1. The zero-order valence-corrected chi connectivity index (χ0v) is 9.07. The predicted molar refractivity (Wildman–Crippen MR) is 62.9 cm³/mol. The molecule has 1 aliphatic carbocycles. The zero-order valence-electron chi connectivity index (χ0n) is 9.07. The molecule has 0 amide bonds. The van der Waals surface area contributed by atoms with Crippen LogP contribution in [0, 0.1) is 0 Å². The number of fused-ring (bicyclic) bond motifs is 3. The highest BCUT2D eigenvalue weighted by Crippen LogP contribution is 2.32. The first-order valence-corrected chi connectivity index (χ1v) is 5.21. The molecule has 0 aliphatic heterocycles. The van der Waals surface area contributed by atoms with Crippen LogP contribution < -0.4 is 0 Å². The molecule has 0 bridgehead atoms. The lowest BCUT2D eigenvalue weighted by Gasteiger charge is -2.11. The topological polar surface area (TPSA) is 70.2 Å². The maximum atomic E-state index is 11.9. The Bertz CT molecular complexity index is 707. The Morgan fingerprint density at radius 2 is 1.82 bits per heavy atom. The number of hydrogen-bond acceptors (Lipinski definition) is 3. The van der Waals surface area contributed by atoms with Crippen molar-refractivity contribution in [1.82, 2.24) is 4.98 Å². The van der Waals surface area contributed by atoms with Crippen molar-refractivity contribution < 1.29 is 14.7 Å². The molecule has 1 aromatic carbocycles. The third kappa shape index (κ3) is 1.12. The summed E-state index contributed by atoms with van der Waals surface area (Å²) >= 11 is 0. The van der Waals surface area contributed by atoms with Gasteiger partial charge in [0.25, 0.3) is 0 Å². The highest BCUT2D eigenvalue weighted by atomic mass is 16.3. The summed E-state index contributed by atoms with van der Waals surface area (Å²) in [7, 11) is 0. The number of carbonyl (C=O) groups excluding carboxylic acids is 2. The number of benzene rings is 1. The van der Waals surface area contributed by atoms with Gasteiger partial charge in [-0.3, -0.25) is 9.59 Å². The predicted octanol–water partition coefficient (Wildman–Crippen LogP) is 2.22. The molecule has 0 spiro atoms. The van der Waals surface area contributed by atoms with Gasteiger partial charge in [-0.05, 0) is 13.0 Å². The van der Waals surface area contributed by atoms with Crippen LogP contribution in [0.25, 0.3) is 16.7 Å². The molecule has 0 unspecified atom stereocenters. The van der Waals surface area contributed by atoms with E-state index in [2.05, 4.69) is 4.98 Å². The molecule has 4 heteroatoms. The first kappa shape index (κ1) is 9.84. The van der Waals surface area contributed by atoms with Crippen molar-refractivity contribution in [3.8, 4) is 0 Å². The molecule has 84 valence electrons. The van der Waals surface area contributed by atoms with Crippen LogP contribution >= 0.6 is 0 Å². The van der Waals surface area contributed by atoms with Crippen LogP contribution in [0.4, 0.5) is 0 Å². The number of allylic oxidation sites excluding steroid dienone is 1. The van der Waals surface area contributed by atoms with Crippen molar-refractivity contribution in [2.75, 3.05) is 0 Å². The average molecular weight is 227 g/mol. The van der Waals surface area contributed by atoms with Crippen molar-refractivity contribution in [3.05, 3.63) is 41.1 Å². The highest BCUT2D eigenvalue weighted by Gasteiger charge is 2.33. The minimum atomic E-state index is -0.639. The lowest BCUT2D eigenvalue weighted by molar-refractivity contribution is -0.111. The minimum absolute atomic E-state index is 0.0917. The van der Waals surface area contributed by atoms with Crippen LogP contribution in [0.1, 0.15) is 23.0 Å². The van der Waals surface area contributed by atoms with Crippen LogP contribution in [0.2, 0.25) is 0 Å². The van der Waals surface area contributed by atoms with E-state index in [1.54, 1.807) is 18.2 Å². The van der Waals surface area contributed by atoms with Crippen molar-refractivity contribution in [1.29, 1.82) is 0 Å². The van der Waals surface area contributed by atoms with Crippen LogP contribution in [0.5, 0.6) is 0 Å². The number of ketones is 2. The summed E-state index contributed by atoms with van der Waals surface area (Å²) in [5.74, 6) is -1.34. The highest BCUT2D eigenvalue weighted by molar-refractivity contribution is 6.53. The van der Waals surface area contributed by atoms with Crippen molar-refractivity contribution in [2.45, 2.75) is 6.92 Å². The van der Waals surface area contributed by atoms with Gasteiger partial charge in [0, 0.05) is 16.5 Å². The molecule has 2 aromatic rings. The van der Waals surface area contributed by atoms with Crippen molar-refractivity contribution in [2.24, 2.45) is 0 Å². The number of nitrogens with one attached hydrogen (secondary N) is 1. The molecule has 0 saturated carbocycles. The Kier molecular flexibility index (Phi) is 1.78. The molecule has 0 fully saturated rings. The maximum Gasteiger partial charge on any atom is 0.236 e. The molecule has 0 atom stereocenters. The number of carbonyl (C=O) groups is 2. The Morgan fingerprint density at radius 1 is 1.12 bits per heavy atom. The number of aromatic amines is 1. The molecule has 2 N–H and O–H groups in total. The van der Waals surface area contributed by atoms with Gasteiger partial charge in [0.1, 0.15) is 5.76 Å². The summed E-state index contributed by atoms with van der Waals surface area (Å²) in [5, 5.41) is 10.6. The van der Waals surface area contributed by atoms with Crippen LogP contribution in [0.15, 0.2) is 29.8 Å². The fourth-order valence-electron chi connectivity index (χ4n) is 2.13. The Hall–Kier alpha value is -2.36. The second-order valence-electron chi connectivity index (χ2n) is 4.05.